The van der Waals surface area contributed by atoms with Crippen LogP contribution in [0, 0.1) is 32.6 Å². The van der Waals surface area contributed by atoms with Gasteiger partial charge in [0.25, 0.3) is 0 Å². The van der Waals surface area contributed by atoms with E-state index < -0.39 is 0 Å². The summed E-state index contributed by atoms with van der Waals surface area (Å²) in [7, 11) is 0. The molecule has 37 heavy (non-hydrogen) atoms. The van der Waals surface area contributed by atoms with Crippen LogP contribution in [-0.2, 0) is 6.42 Å². The second kappa shape index (κ2) is 8.47. The number of nitrogens with one attached hydrogen (secondary N) is 4. The molecule has 3 aromatic heterocycles. The standard InChI is InChI=1S/C32H38N4O/c1-8-19-15(4)23-12-25-17(6)21(10-3)31(35-25)22-11-29(37)30-18(7)26(36-32(22)30)14-28-20(9-2)16(5)24(34-28)13-27(19)33-23/h8,12-14,17,21,31,33-37H,1,9-11H2,2-7H3/b24-13-,25-12-,28-14-/t17-,21-,31?/m0/s1. The molecule has 1 aliphatic carbocycles. The van der Waals surface area contributed by atoms with Gasteiger partial charge in [0.15, 0.2) is 0 Å². The van der Waals surface area contributed by atoms with Crippen molar-refractivity contribution in [2.24, 2.45) is 11.8 Å². The molecule has 5 heteroatoms. The van der Waals surface area contributed by atoms with E-state index in [1.54, 1.807) is 0 Å². The van der Waals surface area contributed by atoms with Crippen LogP contribution in [0.3, 0.4) is 0 Å². The zero-order chi connectivity index (χ0) is 26.2. The summed E-state index contributed by atoms with van der Waals surface area (Å²) in [6.07, 6.45) is 11.3. The molecule has 0 radical (unpaired) electrons. The number of fused-ring (bicyclic) bond motifs is 8. The highest BCUT2D eigenvalue weighted by molar-refractivity contribution is 5.73. The van der Waals surface area contributed by atoms with Gasteiger partial charge in [-0.05, 0) is 79.2 Å². The number of aromatic amines is 3. The Morgan fingerprint density at radius 1 is 0.946 bits per heavy atom. The van der Waals surface area contributed by atoms with E-state index in [1.807, 2.05) is 6.08 Å². The number of rotatable bonds is 3. The zero-order valence-corrected chi connectivity index (χ0v) is 22.8. The van der Waals surface area contributed by atoms with Gasteiger partial charge in [-0.25, -0.2) is 0 Å². The van der Waals surface area contributed by atoms with Gasteiger partial charge < -0.3 is 25.4 Å². The Hall–Kier alpha value is -3.60. The number of H-pyrrole nitrogens is 3. The Morgan fingerprint density at radius 2 is 1.68 bits per heavy atom. The highest BCUT2D eigenvalue weighted by atomic mass is 16.3. The fraction of sp³-hybridized carbons (Fsp3) is 0.375. The fourth-order valence-electron chi connectivity index (χ4n) is 7.05. The van der Waals surface area contributed by atoms with E-state index in [0.29, 0.717) is 24.0 Å². The molecule has 8 bridgehead atoms. The molecule has 1 fully saturated rings. The van der Waals surface area contributed by atoms with Crippen molar-refractivity contribution >= 4 is 35.6 Å². The smallest absolute Gasteiger partial charge is 0.106 e. The Morgan fingerprint density at radius 3 is 2.38 bits per heavy atom. The molecule has 192 valence electrons. The summed E-state index contributed by atoms with van der Waals surface area (Å²) in [5.74, 6) is 1.31. The minimum absolute atomic E-state index is 0.180. The van der Waals surface area contributed by atoms with Gasteiger partial charge in [-0.2, -0.15) is 0 Å². The van der Waals surface area contributed by atoms with E-state index in [9.17, 15) is 5.11 Å². The predicted octanol–water partition coefficient (Wildman–Crippen LogP) is 3.67. The Kier molecular flexibility index (Phi) is 5.45. The SMILES string of the molecule is C=Cc1c2[nH]c(c1C)/C=C1\NC(C3=c4[nH]c(c(C)c4=C(O)C3)/C=c3\[nH]/c(c(C)c3CC)=C\2)[C@@H](CC)[C@@H]1C. The lowest BCUT2D eigenvalue weighted by molar-refractivity contribution is 0.415. The maximum atomic E-state index is 11.1. The van der Waals surface area contributed by atoms with Gasteiger partial charge in [0.1, 0.15) is 5.76 Å². The second-order valence-electron chi connectivity index (χ2n) is 11.0. The van der Waals surface area contributed by atoms with Crippen LogP contribution < -0.4 is 26.6 Å². The summed E-state index contributed by atoms with van der Waals surface area (Å²) >= 11 is 0. The molecule has 1 saturated heterocycles. The van der Waals surface area contributed by atoms with E-state index >= 15 is 0 Å². The summed E-state index contributed by atoms with van der Waals surface area (Å²) in [4.78, 5) is 11.1. The van der Waals surface area contributed by atoms with Crippen molar-refractivity contribution in [3.8, 4) is 0 Å². The number of hydrogen-bond acceptors (Lipinski definition) is 2. The molecule has 1 unspecified atom stereocenters. The number of aliphatic hydroxyl groups is 1. The van der Waals surface area contributed by atoms with Gasteiger partial charge in [-0.15, -0.1) is 0 Å². The zero-order valence-electron chi connectivity index (χ0n) is 22.8. The van der Waals surface area contributed by atoms with Gasteiger partial charge in [0.05, 0.1) is 11.4 Å². The van der Waals surface area contributed by atoms with Crippen molar-refractivity contribution in [3.63, 3.8) is 0 Å². The van der Waals surface area contributed by atoms with Crippen molar-refractivity contribution in [2.75, 3.05) is 0 Å². The molecule has 5 nitrogen and oxygen atoms in total. The van der Waals surface area contributed by atoms with Crippen LogP contribution in [0.1, 0.15) is 78.5 Å². The van der Waals surface area contributed by atoms with E-state index in [-0.39, 0.29) is 6.04 Å². The molecule has 0 saturated carbocycles. The lowest BCUT2D eigenvalue weighted by Crippen LogP contribution is -2.34. The van der Waals surface area contributed by atoms with Crippen LogP contribution in [0.5, 0.6) is 0 Å². The summed E-state index contributed by atoms with van der Waals surface area (Å²) < 4.78 is 0. The first-order chi connectivity index (χ1) is 17.8. The van der Waals surface area contributed by atoms with Gasteiger partial charge in [0, 0.05) is 56.6 Å². The van der Waals surface area contributed by atoms with Crippen molar-refractivity contribution in [2.45, 2.75) is 66.8 Å². The third-order valence-electron chi connectivity index (χ3n) is 9.24. The summed E-state index contributed by atoms with van der Waals surface area (Å²) in [5.41, 5.74) is 11.8. The van der Waals surface area contributed by atoms with Gasteiger partial charge in [0.2, 0.25) is 0 Å². The Labute approximate surface area is 218 Å². The molecule has 3 aromatic rings. The molecular formula is C32H38N4O. The third-order valence-corrected chi connectivity index (χ3v) is 9.24. The molecule has 0 aromatic carbocycles. The highest BCUT2D eigenvalue weighted by Crippen LogP contribution is 2.39. The van der Waals surface area contributed by atoms with Crippen LogP contribution in [0.25, 0.3) is 35.6 Å². The normalized spacial score (nSPS) is 25.2. The first kappa shape index (κ1) is 23.8. The van der Waals surface area contributed by atoms with Gasteiger partial charge in [-0.3, -0.25) is 0 Å². The number of aromatic nitrogens is 3. The van der Waals surface area contributed by atoms with E-state index in [2.05, 4.69) is 86.6 Å². The number of aliphatic hydroxyl groups excluding tert-OH is 1. The Bertz CT molecular complexity index is 1740. The van der Waals surface area contributed by atoms with Crippen LogP contribution in [0.2, 0.25) is 0 Å². The van der Waals surface area contributed by atoms with Gasteiger partial charge in [-0.1, -0.05) is 39.8 Å². The predicted molar refractivity (Wildman–Crippen MR) is 154 cm³/mol. The molecular weight excluding hydrogens is 456 g/mol. The first-order valence-corrected chi connectivity index (χ1v) is 13.6. The van der Waals surface area contributed by atoms with Crippen LogP contribution in [0.15, 0.2) is 12.3 Å². The van der Waals surface area contributed by atoms with E-state index in [4.69, 9.17) is 0 Å². The third kappa shape index (κ3) is 3.36. The molecule has 2 aliphatic heterocycles. The van der Waals surface area contributed by atoms with Crippen molar-refractivity contribution in [1.29, 1.82) is 0 Å². The minimum atomic E-state index is 0.180. The summed E-state index contributed by atoms with van der Waals surface area (Å²) in [6.45, 7) is 17.4. The molecule has 5 heterocycles. The van der Waals surface area contributed by atoms with Crippen molar-refractivity contribution in [1.82, 2.24) is 20.3 Å². The van der Waals surface area contributed by atoms with Crippen LogP contribution in [0.4, 0.5) is 0 Å². The Balaban J connectivity index is 1.74. The fourth-order valence-corrected chi connectivity index (χ4v) is 7.05. The highest BCUT2D eigenvalue weighted by Gasteiger charge is 2.39. The quantitative estimate of drug-likeness (QED) is 0.385. The molecule has 3 aliphatic rings. The number of allylic oxidation sites excluding steroid dienone is 1. The largest absolute Gasteiger partial charge is 0.511 e. The molecule has 0 amide bonds. The van der Waals surface area contributed by atoms with Crippen LogP contribution >= 0.6 is 0 Å². The maximum Gasteiger partial charge on any atom is 0.106 e. The molecule has 5 N–H and O–H groups in total. The average Bonchev–Trinajstić information content (AvgIpc) is 3.61. The molecule has 3 atom stereocenters. The minimum Gasteiger partial charge on any atom is -0.511 e. The molecule has 0 spiro atoms. The lowest BCUT2D eigenvalue weighted by atomic mass is 9.84. The second-order valence-corrected chi connectivity index (χ2v) is 11.0. The van der Waals surface area contributed by atoms with Gasteiger partial charge >= 0.3 is 0 Å². The molecule has 6 rings (SSSR count). The summed E-state index contributed by atoms with van der Waals surface area (Å²) in [5, 5.41) is 19.3. The number of hydrogen-bond donors (Lipinski definition) is 5. The van der Waals surface area contributed by atoms with Crippen molar-refractivity contribution < 1.29 is 5.11 Å². The van der Waals surface area contributed by atoms with Crippen LogP contribution in [-0.4, -0.2) is 26.1 Å². The monoisotopic (exact) mass is 494 g/mol. The summed E-state index contributed by atoms with van der Waals surface area (Å²) in [6, 6.07) is 0.180. The topological polar surface area (TPSA) is 79.6 Å². The maximum absolute atomic E-state index is 11.1. The van der Waals surface area contributed by atoms with E-state index in [1.165, 1.54) is 28.0 Å². The first-order valence-electron chi connectivity index (χ1n) is 13.6. The lowest BCUT2D eigenvalue weighted by Gasteiger charge is -2.21. The van der Waals surface area contributed by atoms with Crippen molar-refractivity contribution in [3.05, 3.63) is 78.4 Å². The average molecular weight is 495 g/mol. The van der Waals surface area contributed by atoms with E-state index in [0.717, 1.165) is 62.3 Å².